The fourth-order valence-electron chi connectivity index (χ4n) is 2.44. The molecule has 0 aliphatic heterocycles. The maximum atomic E-state index is 13.0. The average molecular weight is 380 g/mol. The monoisotopic (exact) mass is 379 g/mol. The normalized spacial score (nSPS) is 10.9. The summed E-state index contributed by atoms with van der Waals surface area (Å²) in [5.74, 6) is 0.536. The van der Waals surface area contributed by atoms with Crippen LogP contribution in [0.15, 0.2) is 42.5 Å². The van der Waals surface area contributed by atoms with Crippen molar-refractivity contribution in [3.05, 3.63) is 64.4 Å². The lowest BCUT2D eigenvalue weighted by Gasteiger charge is -2.13. The highest BCUT2D eigenvalue weighted by molar-refractivity contribution is 6.30. The molecule has 1 N–H and O–H groups in total. The van der Waals surface area contributed by atoms with Crippen molar-refractivity contribution < 1.29 is 13.9 Å². The van der Waals surface area contributed by atoms with Crippen molar-refractivity contribution in [3.8, 4) is 5.75 Å². The zero-order valence-corrected chi connectivity index (χ0v) is 16.0. The molecule has 0 aliphatic carbocycles. The first-order valence-electron chi connectivity index (χ1n) is 9.13. The van der Waals surface area contributed by atoms with E-state index in [1.165, 1.54) is 12.1 Å². The summed E-state index contributed by atoms with van der Waals surface area (Å²) in [4.78, 5) is 0. The van der Waals surface area contributed by atoms with Crippen molar-refractivity contribution in [1.29, 1.82) is 0 Å². The van der Waals surface area contributed by atoms with E-state index in [2.05, 4.69) is 12.2 Å². The van der Waals surface area contributed by atoms with E-state index >= 15 is 0 Å². The minimum Gasteiger partial charge on any atom is -0.489 e. The van der Waals surface area contributed by atoms with Crippen molar-refractivity contribution in [1.82, 2.24) is 5.32 Å². The number of halogens is 2. The predicted octanol–water partition coefficient (Wildman–Crippen LogP) is 5.35. The molecule has 0 aliphatic rings. The van der Waals surface area contributed by atoms with E-state index in [0.717, 1.165) is 55.9 Å². The van der Waals surface area contributed by atoms with Crippen molar-refractivity contribution in [3.63, 3.8) is 0 Å². The number of benzene rings is 2. The molecule has 0 saturated carbocycles. The van der Waals surface area contributed by atoms with E-state index in [9.17, 15) is 4.39 Å². The zero-order valence-electron chi connectivity index (χ0n) is 15.3. The minimum absolute atomic E-state index is 0.246. The fourth-order valence-corrected chi connectivity index (χ4v) is 2.63. The van der Waals surface area contributed by atoms with Gasteiger partial charge in [0, 0.05) is 30.3 Å². The van der Waals surface area contributed by atoms with Gasteiger partial charge in [0.1, 0.15) is 18.2 Å². The van der Waals surface area contributed by atoms with Gasteiger partial charge < -0.3 is 14.8 Å². The van der Waals surface area contributed by atoms with Gasteiger partial charge in [0.2, 0.25) is 0 Å². The highest BCUT2D eigenvalue weighted by Gasteiger charge is 2.06. The molecule has 142 valence electrons. The van der Waals surface area contributed by atoms with Crippen LogP contribution in [0.25, 0.3) is 0 Å². The standard InChI is InChI=1S/C21H27ClFNO2/c1-2-3-12-25-13-4-11-24-15-18-14-19(22)7-10-21(18)26-16-17-5-8-20(23)9-6-17/h5-10,14,24H,2-4,11-13,15-16H2,1H3. The lowest BCUT2D eigenvalue weighted by molar-refractivity contribution is 0.128. The number of ether oxygens (including phenoxy) is 2. The van der Waals surface area contributed by atoms with Gasteiger partial charge in [-0.15, -0.1) is 0 Å². The van der Waals surface area contributed by atoms with Crippen LogP contribution in [0.5, 0.6) is 5.75 Å². The third-order valence-corrected chi connectivity index (χ3v) is 4.17. The Hall–Kier alpha value is -1.62. The second-order valence-corrected chi connectivity index (χ2v) is 6.60. The van der Waals surface area contributed by atoms with Gasteiger partial charge in [0.15, 0.2) is 0 Å². The quantitative estimate of drug-likeness (QED) is 0.504. The van der Waals surface area contributed by atoms with Gasteiger partial charge in [0.25, 0.3) is 0 Å². The predicted molar refractivity (Wildman–Crippen MR) is 104 cm³/mol. The van der Waals surface area contributed by atoms with Crippen LogP contribution in [0.4, 0.5) is 4.39 Å². The number of unbranched alkanes of at least 4 members (excludes halogenated alkanes) is 1. The van der Waals surface area contributed by atoms with Crippen LogP contribution in [0.3, 0.4) is 0 Å². The van der Waals surface area contributed by atoms with Crippen molar-refractivity contribution in [2.24, 2.45) is 0 Å². The summed E-state index contributed by atoms with van der Waals surface area (Å²) in [6.45, 7) is 5.71. The third-order valence-electron chi connectivity index (χ3n) is 3.93. The van der Waals surface area contributed by atoms with Gasteiger partial charge >= 0.3 is 0 Å². The van der Waals surface area contributed by atoms with Crippen molar-refractivity contribution in [2.75, 3.05) is 19.8 Å². The summed E-state index contributed by atoms with van der Waals surface area (Å²) in [5.41, 5.74) is 1.93. The largest absolute Gasteiger partial charge is 0.489 e. The van der Waals surface area contributed by atoms with Gasteiger partial charge in [-0.2, -0.15) is 0 Å². The summed E-state index contributed by atoms with van der Waals surface area (Å²) in [6.07, 6.45) is 3.24. The molecule has 0 aromatic heterocycles. The molecule has 3 nitrogen and oxygen atoms in total. The molecule has 2 rings (SSSR count). The maximum absolute atomic E-state index is 13.0. The minimum atomic E-state index is -0.246. The Bertz CT molecular complexity index is 649. The first kappa shape index (κ1) is 20.7. The molecule has 5 heteroatoms. The fraction of sp³-hybridized carbons (Fsp3) is 0.429. The molecule has 26 heavy (non-hydrogen) atoms. The average Bonchev–Trinajstić information content (AvgIpc) is 2.64. The molecule has 0 unspecified atom stereocenters. The Labute approximate surface area is 160 Å². The van der Waals surface area contributed by atoms with E-state index in [0.29, 0.717) is 18.2 Å². The topological polar surface area (TPSA) is 30.5 Å². The summed E-state index contributed by atoms with van der Waals surface area (Å²) >= 11 is 6.12. The van der Waals surface area contributed by atoms with Gasteiger partial charge in [-0.1, -0.05) is 37.1 Å². The molecular weight excluding hydrogens is 353 g/mol. The lowest BCUT2D eigenvalue weighted by Crippen LogP contribution is -2.17. The zero-order chi connectivity index (χ0) is 18.6. The van der Waals surface area contributed by atoms with Crippen LogP contribution in [-0.2, 0) is 17.9 Å². The Morgan fingerprint density at radius 3 is 2.58 bits per heavy atom. The molecule has 2 aromatic rings. The van der Waals surface area contributed by atoms with Gasteiger partial charge in [-0.05, 0) is 55.3 Å². The molecular formula is C21H27ClFNO2. The first-order chi connectivity index (χ1) is 12.7. The van der Waals surface area contributed by atoms with E-state index in [1.807, 2.05) is 18.2 Å². The first-order valence-corrected chi connectivity index (χ1v) is 9.51. The van der Waals surface area contributed by atoms with Crippen LogP contribution < -0.4 is 10.1 Å². The molecule has 0 heterocycles. The third kappa shape index (κ3) is 7.73. The van der Waals surface area contributed by atoms with E-state index in [4.69, 9.17) is 21.1 Å². The van der Waals surface area contributed by atoms with Gasteiger partial charge in [-0.25, -0.2) is 4.39 Å². The second kappa shape index (κ2) is 11.9. The van der Waals surface area contributed by atoms with E-state index < -0.39 is 0 Å². The SMILES string of the molecule is CCCCOCCCNCc1cc(Cl)ccc1OCc1ccc(F)cc1. The second-order valence-electron chi connectivity index (χ2n) is 6.16. The highest BCUT2D eigenvalue weighted by Crippen LogP contribution is 2.24. The highest BCUT2D eigenvalue weighted by atomic mass is 35.5. The molecule has 0 radical (unpaired) electrons. The molecule has 0 atom stereocenters. The number of hydrogen-bond donors (Lipinski definition) is 1. The van der Waals surface area contributed by atoms with Crippen molar-refractivity contribution in [2.45, 2.75) is 39.3 Å². The van der Waals surface area contributed by atoms with E-state index in [-0.39, 0.29) is 5.82 Å². The summed E-state index contributed by atoms with van der Waals surface area (Å²) in [6, 6.07) is 11.9. The van der Waals surface area contributed by atoms with Crippen molar-refractivity contribution >= 4 is 11.6 Å². The summed E-state index contributed by atoms with van der Waals surface area (Å²) in [7, 11) is 0. The number of nitrogens with one attached hydrogen (secondary N) is 1. The Balaban J connectivity index is 1.78. The molecule has 0 amide bonds. The van der Waals surface area contributed by atoms with Crippen LogP contribution in [0, 0.1) is 5.82 Å². The molecule has 2 aromatic carbocycles. The molecule has 0 saturated heterocycles. The van der Waals surface area contributed by atoms with E-state index in [1.54, 1.807) is 12.1 Å². The van der Waals surface area contributed by atoms with Gasteiger partial charge in [0.05, 0.1) is 0 Å². The number of rotatable bonds is 12. The Morgan fingerprint density at radius 1 is 1.04 bits per heavy atom. The van der Waals surface area contributed by atoms with Crippen LogP contribution >= 0.6 is 11.6 Å². The molecule has 0 fully saturated rings. The maximum Gasteiger partial charge on any atom is 0.124 e. The van der Waals surface area contributed by atoms with Crippen LogP contribution in [0.2, 0.25) is 5.02 Å². The molecule has 0 bridgehead atoms. The van der Waals surface area contributed by atoms with Crippen LogP contribution in [-0.4, -0.2) is 19.8 Å². The smallest absolute Gasteiger partial charge is 0.124 e. The molecule has 0 spiro atoms. The van der Waals surface area contributed by atoms with Gasteiger partial charge in [-0.3, -0.25) is 0 Å². The summed E-state index contributed by atoms with van der Waals surface area (Å²) < 4.78 is 24.4. The lowest BCUT2D eigenvalue weighted by atomic mass is 10.2. The summed E-state index contributed by atoms with van der Waals surface area (Å²) in [5, 5.41) is 4.08. The Kier molecular flexibility index (Phi) is 9.46. The Morgan fingerprint density at radius 2 is 1.81 bits per heavy atom. The number of hydrogen-bond acceptors (Lipinski definition) is 3. The van der Waals surface area contributed by atoms with Crippen LogP contribution in [0.1, 0.15) is 37.3 Å².